The predicted molar refractivity (Wildman–Crippen MR) is 159 cm³/mol. The minimum absolute atomic E-state index is 0.0250. The van der Waals surface area contributed by atoms with E-state index >= 15 is 0 Å². The third kappa shape index (κ3) is 6.22. The number of hydrogen-bond donors (Lipinski definition) is 0. The molecule has 0 spiro atoms. The van der Waals surface area contributed by atoms with Gasteiger partial charge in [0.25, 0.3) is 17.7 Å². The van der Waals surface area contributed by atoms with Gasteiger partial charge in [0.2, 0.25) is 0 Å². The molecule has 222 valence electrons. The molecule has 3 aromatic carbocycles. The Morgan fingerprint density at radius 3 is 2.16 bits per heavy atom. The quantitative estimate of drug-likeness (QED) is 0.135. The Hall–Kier alpha value is -3.99. The second-order valence-corrected chi connectivity index (χ2v) is 12.8. The number of nitrogens with zero attached hydrogens (tertiary/aromatic N) is 2. The van der Waals surface area contributed by atoms with Gasteiger partial charge in [0.1, 0.15) is 17.2 Å². The normalized spacial score (nSPS) is 18.2. The van der Waals surface area contributed by atoms with Gasteiger partial charge in [-0.3, -0.25) is 19.2 Å². The standard InChI is InChI=1S/C31H26Cl2N2O7S/c1-18-3-11-23(12-4-18)43(40,41)42-22-9-6-20(7-10-22)28(36)17-34(29(37)21-8-14-26(32)27(33)16-21)35-30(38)24-13-5-19(2)15-25(24)31(35)39/h3-12,14,16,24-25H,13,15,17H2,1-2H3/t24-,25-/m1/s1. The summed E-state index contributed by atoms with van der Waals surface area (Å²) in [5.74, 6) is -3.82. The van der Waals surface area contributed by atoms with Crippen LogP contribution in [0.5, 0.6) is 5.75 Å². The number of imide groups is 1. The van der Waals surface area contributed by atoms with E-state index in [1.807, 2.05) is 19.9 Å². The maximum absolute atomic E-state index is 13.7. The van der Waals surface area contributed by atoms with Crippen molar-refractivity contribution < 1.29 is 31.8 Å². The average molecular weight is 642 g/mol. The molecule has 0 unspecified atom stereocenters. The lowest BCUT2D eigenvalue weighted by atomic mass is 9.82. The number of ketones is 1. The third-order valence-corrected chi connectivity index (χ3v) is 9.43. The lowest BCUT2D eigenvalue weighted by Crippen LogP contribution is -2.52. The Labute approximate surface area is 258 Å². The van der Waals surface area contributed by atoms with Crippen LogP contribution in [0.15, 0.2) is 83.3 Å². The summed E-state index contributed by atoms with van der Waals surface area (Å²) < 4.78 is 30.5. The van der Waals surface area contributed by atoms with Crippen molar-refractivity contribution in [1.29, 1.82) is 0 Å². The van der Waals surface area contributed by atoms with Crippen LogP contribution in [0, 0.1) is 18.8 Å². The number of rotatable bonds is 8. The van der Waals surface area contributed by atoms with Crippen molar-refractivity contribution in [3.05, 3.63) is 105 Å². The summed E-state index contributed by atoms with van der Waals surface area (Å²) >= 11 is 12.1. The monoisotopic (exact) mass is 640 g/mol. The first-order chi connectivity index (χ1) is 20.4. The lowest BCUT2D eigenvalue weighted by Gasteiger charge is -2.30. The number of allylic oxidation sites excluding steroid dienone is 2. The molecule has 9 nitrogen and oxygen atoms in total. The average Bonchev–Trinajstić information content (AvgIpc) is 3.21. The lowest BCUT2D eigenvalue weighted by molar-refractivity contribution is -0.154. The molecule has 5 rings (SSSR count). The number of Topliss-reactive ketones (excluding diaryl/α,β-unsaturated/α-hetero) is 1. The Balaban J connectivity index is 1.40. The molecule has 1 aliphatic carbocycles. The Kier molecular flexibility index (Phi) is 8.47. The molecule has 43 heavy (non-hydrogen) atoms. The molecule has 1 aliphatic heterocycles. The first-order valence-electron chi connectivity index (χ1n) is 13.3. The Morgan fingerprint density at radius 1 is 0.884 bits per heavy atom. The molecule has 0 N–H and O–H groups in total. The summed E-state index contributed by atoms with van der Waals surface area (Å²) in [7, 11) is -4.11. The van der Waals surface area contributed by atoms with E-state index in [0.29, 0.717) is 12.8 Å². The summed E-state index contributed by atoms with van der Waals surface area (Å²) in [5, 5.41) is 1.90. The zero-order valence-electron chi connectivity index (χ0n) is 23.1. The van der Waals surface area contributed by atoms with Gasteiger partial charge in [-0.15, -0.1) is 0 Å². The van der Waals surface area contributed by atoms with Crippen LogP contribution < -0.4 is 4.18 Å². The second-order valence-electron chi connectivity index (χ2n) is 10.5. The molecule has 2 atom stereocenters. The summed E-state index contributed by atoms with van der Waals surface area (Å²) in [6, 6.07) is 15.5. The number of carbonyl (C=O) groups excluding carboxylic acids is 4. The van der Waals surface area contributed by atoms with E-state index in [-0.39, 0.29) is 31.8 Å². The summed E-state index contributed by atoms with van der Waals surface area (Å²) in [5.41, 5.74) is 1.98. The number of aryl methyl sites for hydroxylation is 1. The highest BCUT2D eigenvalue weighted by molar-refractivity contribution is 7.87. The van der Waals surface area contributed by atoms with Crippen molar-refractivity contribution >= 4 is 56.8 Å². The van der Waals surface area contributed by atoms with Crippen molar-refractivity contribution in [2.45, 2.75) is 31.6 Å². The van der Waals surface area contributed by atoms with Crippen LogP contribution in [-0.2, 0) is 19.7 Å². The molecule has 12 heteroatoms. The number of halogens is 2. The van der Waals surface area contributed by atoms with Crippen molar-refractivity contribution in [2.75, 3.05) is 6.54 Å². The van der Waals surface area contributed by atoms with Crippen molar-refractivity contribution in [1.82, 2.24) is 10.0 Å². The van der Waals surface area contributed by atoms with E-state index < -0.39 is 52.0 Å². The fourth-order valence-corrected chi connectivity index (χ4v) is 6.30. The van der Waals surface area contributed by atoms with E-state index in [1.165, 1.54) is 54.6 Å². The molecule has 0 saturated carbocycles. The Bertz CT molecular complexity index is 1770. The highest BCUT2D eigenvalue weighted by Crippen LogP contribution is 2.39. The minimum Gasteiger partial charge on any atom is -0.379 e. The molecule has 1 fully saturated rings. The summed E-state index contributed by atoms with van der Waals surface area (Å²) in [6.07, 6.45) is 2.63. The first-order valence-corrected chi connectivity index (χ1v) is 15.5. The SMILES string of the molecule is CC1=CC[C@H]2C(=O)N(N(CC(=O)c3ccc(OS(=O)(=O)c4ccc(C)cc4)cc3)C(=O)c3ccc(Cl)c(Cl)c3)C(=O)[C@@H]2C1. The molecule has 3 aromatic rings. The van der Waals surface area contributed by atoms with Gasteiger partial charge < -0.3 is 4.18 Å². The number of amides is 3. The van der Waals surface area contributed by atoms with Gasteiger partial charge in [-0.1, -0.05) is 52.5 Å². The topological polar surface area (TPSA) is 118 Å². The fraction of sp³-hybridized carbons (Fsp3) is 0.226. The third-order valence-electron chi connectivity index (χ3n) is 7.43. The van der Waals surface area contributed by atoms with E-state index in [9.17, 15) is 27.6 Å². The minimum atomic E-state index is -4.11. The smallest absolute Gasteiger partial charge is 0.339 e. The number of carbonyl (C=O) groups is 4. The number of benzene rings is 3. The first kappa shape index (κ1) is 30.5. The molecule has 0 aromatic heterocycles. The van der Waals surface area contributed by atoms with Crippen LogP contribution >= 0.6 is 23.2 Å². The Morgan fingerprint density at radius 2 is 1.51 bits per heavy atom. The van der Waals surface area contributed by atoms with E-state index in [0.717, 1.165) is 21.2 Å². The van der Waals surface area contributed by atoms with E-state index in [4.69, 9.17) is 27.4 Å². The maximum Gasteiger partial charge on any atom is 0.339 e. The van der Waals surface area contributed by atoms with Crippen LogP contribution in [-0.4, -0.2) is 48.5 Å². The van der Waals surface area contributed by atoms with E-state index in [2.05, 4.69) is 0 Å². The molecule has 0 bridgehead atoms. The molecule has 0 radical (unpaired) electrons. The summed E-state index contributed by atoms with van der Waals surface area (Å²) in [6.45, 7) is 3.05. The predicted octanol–water partition coefficient (Wildman–Crippen LogP) is 5.65. The van der Waals surface area contributed by atoms with Gasteiger partial charge in [-0.05, 0) is 81.3 Å². The molecule has 1 heterocycles. The molecule has 2 aliphatic rings. The molecule has 1 saturated heterocycles. The molecular formula is C31H26Cl2N2O7S. The van der Waals surface area contributed by atoms with Gasteiger partial charge in [-0.2, -0.15) is 13.4 Å². The fourth-order valence-electron chi connectivity index (χ4n) is 5.07. The highest BCUT2D eigenvalue weighted by atomic mass is 35.5. The van der Waals surface area contributed by atoms with E-state index in [1.54, 1.807) is 12.1 Å². The maximum atomic E-state index is 13.7. The zero-order valence-corrected chi connectivity index (χ0v) is 25.4. The van der Waals surface area contributed by atoms with Crippen LogP contribution in [0.1, 0.15) is 46.0 Å². The van der Waals surface area contributed by atoms with Crippen molar-refractivity contribution in [3.63, 3.8) is 0 Å². The largest absolute Gasteiger partial charge is 0.379 e. The van der Waals surface area contributed by atoms with Crippen LogP contribution in [0.25, 0.3) is 0 Å². The molecule has 3 amide bonds. The molecular weight excluding hydrogens is 615 g/mol. The van der Waals surface area contributed by atoms with Gasteiger partial charge in [0, 0.05) is 11.1 Å². The van der Waals surface area contributed by atoms with Gasteiger partial charge in [0.15, 0.2) is 5.78 Å². The van der Waals surface area contributed by atoms with Gasteiger partial charge >= 0.3 is 10.1 Å². The van der Waals surface area contributed by atoms with Crippen LogP contribution in [0.4, 0.5) is 0 Å². The second kappa shape index (κ2) is 11.9. The van der Waals surface area contributed by atoms with Crippen LogP contribution in [0.2, 0.25) is 10.0 Å². The number of fused-ring (bicyclic) bond motifs is 1. The van der Waals surface area contributed by atoms with Crippen molar-refractivity contribution in [2.24, 2.45) is 11.8 Å². The number of hydrogen-bond acceptors (Lipinski definition) is 7. The van der Waals surface area contributed by atoms with Crippen LogP contribution in [0.3, 0.4) is 0 Å². The zero-order chi connectivity index (χ0) is 31.1. The van der Waals surface area contributed by atoms with Gasteiger partial charge in [-0.25, -0.2) is 5.01 Å². The highest BCUT2D eigenvalue weighted by Gasteiger charge is 2.51. The summed E-state index contributed by atoms with van der Waals surface area (Å²) in [4.78, 5) is 54.0. The van der Waals surface area contributed by atoms with Crippen molar-refractivity contribution in [3.8, 4) is 5.75 Å². The van der Waals surface area contributed by atoms with Gasteiger partial charge in [0.05, 0.1) is 21.9 Å². The number of hydrazine groups is 1.